The summed E-state index contributed by atoms with van der Waals surface area (Å²) in [5.74, 6) is 7.61. The van der Waals surface area contributed by atoms with Gasteiger partial charge in [0.05, 0.1) is 30.1 Å². The summed E-state index contributed by atoms with van der Waals surface area (Å²) in [4.78, 5) is 26.0. The fourth-order valence-corrected chi connectivity index (χ4v) is 5.15. The number of hydrogen-bond acceptors (Lipinski definition) is 7. The molecule has 1 amide bonds. The summed E-state index contributed by atoms with van der Waals surface area (Å²) < 4.78 is 9.50. The number of nitrogens with zero attached hydrogens (tertiary/aromatic N) is 7. The van der Waals surface area contributed by atoms with Crippen molar-refractivity contribution in [3.05, 3.63) is 54.3 Å². The first-order valence-corrected chi connectivity index (χ1v) is 11.7. The monoisotopic (exact) mass is 485 g/mol. The largest absolute Gasteiger partial charge is 0.383 e. The highest BCUT2D eigenvalue weighted by Crippen LogP contribution is 2.36. The van der Waals surface area contributed by atoms with E-state index < -0.39 is 0 Å². The summed E-state index contributed by atoms with van der Waals surface area (Å²) in [5, 5.41) is 5.44. The number of imidazole rings is 1. The Bertz CT molecular complexity index is 1570. The van der Waals surface area contributed by atoms with Crippen LogP contribution in [0.4, 0.5) is 5.82 Å². The van der Waals surface area contributed by atoms with Crippen molar-refractivity contribution in [1.82, 2.24) is 29.3 Å². The highest BCUT2D eigenvalue weighted by molar-refractivity contribution is 5.90. The maximum Gasteiger partial charge on any atom is 0.338 e. The number of likely N-dealkylation sites (tertiary alicyclic amines) is 1. The molecule has 0 spiro atoms. The van der Waals surface area contributed by atoms with Crippen molar-refractivity contribution in [3.8, 4) is 11.8 Å². The van der Waals surface area contributed by atoms with Crippen LogP contribution in [-0.2, 0) is 16.6 Å². The Balaban J connectivity index is 1.57. The van der Waals surface area contributed by atoms with Crippen molar-refractivity contribution < 1.29 is 14.0 Å². The lowest BCUT2D eigenvalue weighted by Gasteiger charge is -2.31. The molecule has 1 aromatic carbocycles. The Hall–Kier alpha value is -4.07. The number of anilines is 1. The normalized spacial score (nSPS) is 21.6. The van der Waals surface area contributed by atoms with Crippen molar-refractivity contribution in [2.75, 3.05) is 33.0 Å². The van der Waals surface area contributed by atoms with E-state index in [1.807, 2.05) is 48.5 Å². The minimum atomic E-state index is -0.0971. The van der Waals surface area contributed by atoms with E-state index in [1.165, 1.54) is 12.4 Å². The molecule has 1 saturated heterocycles. The van der Waals surface area contributed by atoms with E-state index in [1.54, 1.807) is 7.11 Å². The van der Waals surface area contributed by atoms with Gasteiger partial charge in [-0.1, -0.05) is 12.5 Å². The van der Waals surface area contributed by atoms with Gasteiger partial charge < -0.3 is 15.0 Å². The molecule has 4 aromatic rings. The van der Waals surface area contributed by atoms with Crippen LogP contribution < -0.4 is 5.73 Å². The molecule has 10 heteroatoms. The molecule has 0 aliphatic carbocycles. The molecule has 5 rings (SSSR count). The van der Waals surface area contributed by atoms with Crippen LogP contribution in [0, 0.1) is 18.8 Å². The van der Waals surface area contributed by atoms with Gasteiger partial charge >= 0.3 is 5.91 Å². The predicted octanol–water partition coefficient (Wildman–Crippen LogP) is 2.12. The molecule has 184 valence electrons. The fourth-order valence-electron chi connectivity index (χ4n) is 5.15. The lowest BCUT2D eigenvalue weighted by Crippen LogP contribution is -2.53. The Kier molecular flexibility index (Phi) is 5.82. The van der Waals surface area contributed by atoms with Crippen molar-refractivity contribution in [2.24, 2.45) is 7.05 Å². The Morgan fingerprint density at radius 3 is 2.92 bits per heavy atom. The molecule has 36 heavy (non-hydrogen) atoms. The van der Waals surface area contributed by atoms with Crippen molar-refractivity contribution >= 4 is 33.8 Å². The lowest BCUT2D eigenvalue weighted by atomic mass is 10.1. The van der Waals surface area contributed by atoms with Crippen LogP contribution in [0.15, 0.2) is 37.2 Å². The number of carbonyl (C=O) groups excluding carboxylic acids is 1. The highest BCUT2D eigenvalue weighted by atomic mass is 16.5. The maximum absolute atomic E-state index is 12.8. The molecule has 0 bridgehead atoms. The van der Waals surface area contributed by atoms with E-state index in [9.17, 15) is 4.79 Å². The molecule has 1 fully saturated rings. The number of hydrogen-bond donors (Lipinski definition) is 1. The zero-order chi connectivity index (χ0) is 25.6. The number of quaternary nitrogens is 1. The molecular weight excluding hydrogens is 456 g/mol. The smallest absolute Gasteiger partial charge is 0.338 e. The predicted molar refractivity (Wildman–Crippen MR) is 137 cm³/mol. The van der Waals surface area contributed by atoms with Crippen molar-refractivity contribution in [2.45, 2.75) is 25.4 Å². The maximum atomic E-state index is 12.8. The second-order valence-corrected chi connectivity index (χ2v) is 9.41. The number of benzene rings is 1. The number of ether oxygens (including phenoxy) is 1. The zero-order valence-electron chi connectivity index (χ0n) is 20.9. The molecule has 0 radical (unpaired) electrons. The molecule has 3 atom stereocenters. The fraction of sp³-hybridized carbons (Fsp3) is 0.346. The van der Waals surface area contributed by atoms with Crippen LogP contribution in [0.5, 0.6) is 0 Å². The first kappa shape index (κ1) is 23.7. The summed E-state index contributed by atoms with van der Waals surface area (Å²) in [7, 11) is 5.54. The van der Waals surface area contributed by atoms with Gasteiger partial charge in [-0.15, -0.1) is 0 Å². The second kappa shape index (κ2) is 8.86. The number of likely N-dealkylation sites (N-methyl/N-ethyl adjacent to an activating group) is 1. The standard InChI is InChI=1S/C26H29N8O2/c1-6-23(35)34(4)13-18(12-19(34)14-36-5)33-26-24(25(27)28-15-29-26)21(31-33)10-8-17-7-9-20-22(11-17)32(3)16(2)30-20/h6-7,9,11,15,18-19H,1,12-14H2,2-5H3,(H2,27,28,29)/q+1/t18-,19+,34?/m0/s1. The number of aryl methyl sites for hydroxylation is 2. The first-order chi connectivity index (χ1) is 17.3. The Labute approximate surface area is 209 Å². The van der Waals surface area contributed by atoms with Gasteiger partial charge in [-0.25, -0.2) is 24.4 Å². The number of fused-ring (bicyclic) bond motifs is 2. The van der Waals surface area contributed by atoms with Gasteiger partial charge in [-0.3, -0.25) is 4.48 Å². The molecule has 0 saturated carbocycles. The Morgan fingerprint density at radius 1 is 1.36 bits per heavy atom. The summed E-state index contributed by atoms with van der Waals surface area (Å²) in [6.45, 7) is 6.65. The third kappa shape index (κ3) is 3.73. The van der Waals surface area contributed by atoms with Gasteiger partial charge in [0.15, 0.2) is 5.65 Å². The molecule has 2 N–H and O–H groups in total. The number of rotatable bonds is 4. The number of nitrogens with two attached hydrogens (primary N) is 1. The van der Waals surface area contributed by atoms with Gasteiger partial charge in [0, 0.05) is 32.2 Å². The quantitative estimate of drug-likeness (QED) is 0.268. The van der Waals surface area contributed by atoms with Crippen molar-refractivity contribution in [3.63, 3.8) is 0 Å². The molecule has 10 nitrogen and oxygen atoms in total. The highest BCUT2D eigenvalue weighted by Gasteiger charge is 2.49. The number of methoxy groups -OCH3 is 1. The summed E-state index contributed by atoms with van der Waals surface area (Å²) >= 11 is 0. The van der Waals surface area contributed by atoms with E-state index >= 15 is 0 Å². The van der Waals surface area contributed by atoms with Gasteiger partial charge in [-0.05, 0) is 31.0 Å². The number of aromatic nitrogens is 6. The summed E-state index contributed by atoms with van der Waals surface area (Å²) in [5.41, 5.74) is 10.1. The zero-order valence-corrected chi connectivity index (χ0v) is 20.9. The van der Waals surface area contributed by atoms with Crippen molar-refractivity contribution in [1.29, 1.82) is 0 Å². The van der Waals surface area contributed by atoms with E-state index in [0.717, 1.165) is 22.4 Å². The van der Waals surface area contributed by atoms with Gasteiger partial charge in [-0.2, -0.15) is 5.10 Å². The molecule has 3 aromatic heterocycles. The average Bonchev–Trinajstić information content (AvgIpc) is 3.50. The van der Waals surface area contributed by atoms with Crippen LogP contribution in [0.25, 0.3) is 22.1 Å². The third-order valence-electron chi connectivity index (χ3n) is 7.27. The minimum Gasteiger partial charge on any atom is -0.383 e. The van der Waals surface area contributed by atoms with Crippen LogP contribution >= 0.6 is 0 Å². The van der Waals surface area contributed by atoms with Crippen LogP contribution in [0.3, 0.4) is 0 Å². The topological polar surface area (TPSA) is 114 Å². The molecule has 1 aliphatic rings. The molecule has 4 heterocycles. The summed E-state index contributed by atoms with van der Waals surface area (Å²) in [6, 6.07) is 5.78. The van der Waals surface area contributed by atoms with Gasteiger partial charge in [0.25, 0.3) is 0 Å². The van der Waals surface area contributed by atoms with Crippen LogP contribution in [-0.4, -0.2) is 73.0 Å². The number of carbonyl (C=O) groups is 1. The number of amides is 1. The molecular formula is C26H29N8O2+. The minimum absolute atomic E-state index is 0.0347. The third-order valence-corrected chi connectivity index (χ3v) is 7.27. The lowest BCUT2D eigenvalue weighted by molar-refractivity contribution is -0.846. The van der Waals surface area contributed by atoms with Crippen LogP contribution in [0.2, 0.25) is 0 Å². The second-order valence-electron chi connectivity index (χ2n) is 9.41. The SMILES string of the molecule is C=CC(=O)[N+]1(C)C[C@@H](n2nc(C#Cc3ccc4nc(C)n(C)c4c3)c3c(N)ncnc32)C[C@@H]1COC. The molecule has 1 unspecified atom stereocenters. The van der Waals surface area contributed by atoms with E-state index in [4.69, 9.17) is 15.6 Å². The first-order valence-electron chi connectivity index (χ1n) is 11.7. The number of nitrogen functional groups attached to an aromatic ring is 1. The van der Waals surface area contributed by atoms with Gasteiger partial charge in [0.1, 0.15) is 42.3 Å². The van der Waals surface area contributed by atoms with Crippen LogP contribution in [0.1, 0.15) is 29.5 Å². The summed E-state index contributed by atoms with van der Waals surface area (Å²) in [6.07, 6.45) is 3.49. The molecule has 1 aliphatic heterocycles. The van der Waals surface area contributed by atoms with E-state index in [2.05, 4.69) is 33.4 Å². The average molecular weight is 486 g/mol. The Morgan fingerprint density at radius 2 is 2.17 bits per heavy atom. The van der Waals surface area contributed by atoms with E-state index in [0.29, 0.717) is 42.1 Å². The van der Waals surface area contributed by atoms with Gasteiger partial charge in [0.2, 0.25) is 0 Å². The van der Waals surface area contributed by atoms with E-state index in [-0.39, 0.29) is 22.5 Å².